The molecule has 2 heterocycles. The molecule has 118 valence electrons. The van der Waals surface area contributed by atoms with Gasteiger partial charge in [0.1, 0.15) is 10.9 Å². The van der Waals surface area contributed by atoms with Crippen molar-refractivity contribution >= 4 is 28.6 Å². The number of nitrogens with zero attached hydrogens (tertiary/aromatic N) is 3. The Labute approximate surface area is 139 Å². The Kier molecular flexibility index (Phi) is 4.79. The summed E-state index contributed by atoms with van der Waals surface area (Å²) in [6.07, 6.45) is 0. The van der Waals surface area contributed by atoms with E-state index < -0.39 is 0 Å². The predicted molar refractivity (Wildman–Crippen MR) is 92.8 cm³/mol. The molecule has 0 saturated carbocycles. The van der Waals surface area contributed by atoms with Crippen molar-refractivity contribution in [2.75, 3.05) is 42.9 Å². The van der Waals surface area contributed by atoms with E-state index in [1.807, 2.05) is 46.7 Å². The first-order valence-corrected chi connectivity index (χ1v) is 8.45. The molecule has 1 fully saturated rings. The van der Waals surface area contributed by atoms with Crippen molar-refractivity contribution in [3.8, 4) is 6.07 Å². The molecule has 1 aliphatic rings. The average molecular weight is 326 g/mol. The first-order chi connectivity index (χ1) is 11.3. The van der Waals surface area contributed by atoms with Crippen LogP contribution in [0.5, 0.6) is 0 Å². The van der Waals surface area contributed by atoms with Crippen molar-refractivity contribution in [2.45, 2.75) is 0 Å². The smallest absolute Gasteiger partial charge is 0.241 e. The highest BCUT2D eigenvalue weighted by atomic mass is 32.1. The summed E-state index contributed by atoms with van der Waals surface area (Å²) in [6.45, 7) is 3.23. The summed E-state index contributed by atoms with van der Waals surface area (Å²) >= 11 is 1.46. The van der Waals surface area contributed by atoms with Gasteiger partial charge in [-0.15, -0.1) is 11.3 Å². The lowest BCUT2D eigenvalue weighted by atomic mass is 10.2. The normalized spacial score (nSPS) is 14.4. The number of piperazine rings is 1. The van der Waals surface area contributed by atoms with E-state index in [0.29, 0.717) is 19.6 Å². The molecule has 0 spiro atoms. The van der Waals surface area contributed by atoms with Gasteiger partial charge in [0.15, 0.2) is 0 Å². The van der Waals surface area contributed by atoms with Crippen LogP contribution in [0.3, 0.4) is 0 Å². The molecule has 2 aromatic rings. The van der Waals surface area contributed by atoms with Gasteiger partial charge in [-0.1, -0.05) is 18.2 Å². The first-order valence-electron chi connectivity index (χ1n) is 7.57. The van der Waals surface area contributed by atoms with Gasteiger partial charge in [-0.3, -0.25) is 4.79 Å². The minimum Gasteiger partial charge on any atom is -0.376 e. The fraction of sp³-hybridized carbons (Fsp3) is 0.294. The number of hydrogen-bond donors (Lipinski definition) is 1. The predicted octanol–water partition coefficient (Wildman–Crippen LogP) is 2.38. The highest BCUT2D eigenvalue weighted by Gasteiger charge is 2.22. The number of anilines is 2. The fourth-order valence-electron chi connectivity index (χ4n) is 2.68. The van der Waals surface area contributed by atoms with Gasteiger partial charge in [-0.05, 0) is 23.6 Å². The summed E-state index contributed by atoms with van der Waals surface area (Å²) in [4.78, 5) is 17.1. The van der Waals surface area contributed by atoms with Crippen LogP contribution in [0.2, 0.25) is 0 Å². The zero-order valence-corrected chi connectivity index (χ0v) is 13.6. The molecule has 1 aromatic heterocycles. The molecule has 0 aliphatic carbocycles. The van der Waals surface area contributed by atoms with Crippen LogP contribution < -0.4 is 10.2 Å². The number of rotatable bonds is 4. The minimum absolute atomic E-state index is 0.110. The Bertz CT molecular complexity index is 699. The Morgan fingerprint density at radius 1 is 1.17 bits per heavy atom. The van der Waals surface area contributed by atoms with Gasteiger partial charge >= 0.3 is 0 Å². The number of carbonyl (C=O) groups excluding carboxylic acids is 1. The SMILES string of the molecule is N#Cc1sccc1N1CCN(C(=O)CNc2ccccc2)CC1. The van der Waals surface area contributed by atoms with Crippen LogP contribution in [0.4, 0.5) is 11.4 Å². The zero-order valence-electron chi connectivity index (χ0n) is 12.7. The lowest BCUT2D eigenvalue weighted by Crippen LogP contribution is -2.50. The van der Waals surface area contributed by atoms with Crippen molar-refractivity contribution in [1.82, 2.24) is 4.90 Å². The van der Waals surface area contributed by atoms with Gasteiger partial charge in [-0.2, -0.15) is 5.26 Å². The van der Waals surface area contributed by atoms with Gasteiger partial charge < -0.3 is 15.1 Å². The van der Waals surface area contributed by atoms with Crippen molar-refractivity contribution in [2.24, 2.45) is 0 Å². The van der Waals surface area contributed by atoms with E-state index in [9.17, 15) is 4.79 Å². The Morgan fingerprint density at radius 2 is 1.91 bits per heavy atom. The maximum Gasteiger partial charge on any atom is 0.241 e. The standard InChI is InChI=1S/C17H18N4OS/c18-12-16-15(6-11-23-16)20-7-9-21(10-8-20)17(22)13-19-14-4-2-1-3-5-14/h1-6,11,19H,7-10,13H2. The zero-order chi connectivity index (χ0) is 16.1. The van der Waals surface area contributed by atoms with Crippen LogP contribution in [0.25, 0.3) is 0 Å². The highest BCUT2D eigenvalue weighted by Crippen LogP contribution is 2.26. The number of para-hydroxylation sites is 1. The molecule has 1 amide bonds. The molecule has 1 aliphatic heterocycles. The summed E-state index contributed by atoms with van der Waals surface area (Å²) in [5, 5.41) is 14.2. The van der Waals surface area contributed by atoms with Crippen LogP contribution >= 0.6 is 11.3 Å². The minimum atomic E-state index is 0.110. The van der Waals surface area contributed by atoms with E-state index in [-0.39, 0.29) is 5.91 Å². The number of hydrogen-bond acceptors (Lipinski definition) is 5. The van der Waals surface area contributed by atoms with E-state index >= 15 is 0 Å². The molecule has 1 saturated heterocycles. The van der Waals surface area contributed by atoms with Crippen molar-refractivity contribution < 1.29 is 4.79 Å². The molecule has 23 heavy (non-hydrogen) atoms. The third-order valence-corrected chi connectivity index (χ3v) is 4.74. The topological polar surface area (TPSA) is 59.4 Å². The number of nitriles is 1. The van der Waals surface area contributed by atoms with Gasteiger partial charge in [0.05, 0.1) is 12.2 Å². The second-order valence-electron chi connectivity index (χ2n) is 5.33. The molecule has 0 radical (unpaired) electrons. The summed E-state index contributed by atoms with van der Waals surface area (Å²) in [5.41, 5.74) is 1.95. The molecule has 1 N–H and O–H groups in total. The third kappa shape index (κ3) is 3.63. The molecule has 0 unspecified atom stereocenters. The number of carbonyl (C=O) groups is 1. The monoisotopic (exact) mass is 326 g/mol. The molecule has 0 atom stereocenters. The number of thiophene rings is 1. The van der Waals surface area contributed by atoms with E-state index in [1.165, 1.54) is 11.3 Å². The molecule has 5 nitrogen and oxygen atoms in total. The van der Waals surface area contributed by atoms with E-state index in [2.05, 4.69) is 16.3 Å². The lowest BCUT2D eigenvalue weighted by Gasteiger charge is -2.35. The van der Waals surface area contributed by atoms with Crippen molar-refractivity contribution in [3.05, 3.63) is 46.7 Å². The number of benzene rings is 1. The van der Waals surface area contributed by atoms with Crippen LogP contribution in [0.15, 0.2) is 41.8 Å². The summed E-state index contributed by atoms with van der Waals surface area (Å²) in [7, 11) is 0. The van der Waals surface area contributed by atoms with Crippen LogP contribution in [0.1, 0.15) is 4.88 Å². The van der Waals surface area contributed by atoms with Crippen molar-refractivity contribution in [3.63, 3.8) is 0 Å². The molecular formula is C17H18N4OS. The summed E-state index contributed by atoms with van der Waals surface area (Å²) in [5.74, 6) is 0.110. The maximum absolute atomic E-state index is 12.3. The largest absolute Gasteiger partial charge is 0.376 e. The Hall–Kier alpha value is -2.52. The average Bonchev–Trinajstić information content (AvgIpc) is 3.09. The van der Waals surface area contributed by atoms with E-state index in [0.717, 1.165) is 29.3 Å². The second-order valence-corrected chi connectivity index (χ2v) is 6.25. The first kappa shape index (κ1) is 15.4. The van der Waals surface area contributed by atoms with Gasteiger partial charge in [0, 0.05) is 31.9 Å². The van der Waals surface area contributed by atoms with E-state index in [4.69, 9.17) is 5.26 Å². The van der Waals surface area contributed by atoms with Crippen LogP contribution in [0, 0.1) is 11.3 Å². The van der Waals surface area contributed by atoms with Gasteiger partial charge in [0.25, 0.3) is 0 Å². The molecule has 6 heteroatoms. The second kappa shape index (κ2) is 7.16. The maximum atomic E-state index is 12.3. The summed E-state index contributed by atoms with van der Waals surface area (Å²) < 4.78 is 0. The molecular weight excluding hydrogens is 308 g/mol. The number of amides is 1. The molecule has 1 aromatic carbocycles. The van der Waals surface area contributed by atoms with Crippen LogP contribution in [-0.2, 0) is 4.79 Å². The Morgan fingerprint density at radius 3 is 2.61 bits per heavy atom. The van der Waals surface area contributed by atoms with Gasteiger partial charge in [0.2, 0.25) is 5.91 Å². The quantitative estimate of drug-likeness (QED) is 0.937. The van der Waals surface area contributed by atoms with E-state index in [1.54, 1.807) is 0 Å². The molecule has 0 bridgehead atoms. The highest BCUT2D eigenvalue weighted by molar-refractivity contribution is 7.11. The summed E-state index contributed by atoms with van der Waals surface area (Å²) in [6, 6.07) is 14.0. The Balaban J connectivity index is 1.51. The van der Waals surface area contributed by atoms with Crippen molar-refractivity contribution in [1.29, 1.82) is 5.26 Å². The van der Waals surface area contributed by atoms with Crippen LogP contribution in [-0.4, -0.2) is 43.5 Å². The molecule has 3 rings (SSSR count). The fourth-order valence-corrected chi connectivity index (χ4v) is 3.38. The third-order valence-electron chi connectivity index (χ3n) is 3.94. The number of nitrogens with one attached hydrogen (secondary N) is 1. The van der Waals surface area contributed by atoms with Gasteiger partial charge in [-0.25, -0.2) is 0 Å². The lowest BCUT2D eigenvalue weighted by molar-refractivity contribution is -0.129.